The van der Waals surface area contributed by atoms with Crippen LogP contribution in [0, 0.1) is 12.7 Å². The zero-order valence-corrected chi connectivity index (χ0v) is 16.4. The molecule has 1 amide bonds. The lowest BCUT2D eigenvalue weighted by Crippen LogP contribution is -2.39. The maximum absolute atomic E-state index is 14.1. The SMILES string of the molecule is Cc1ccc(-c2nn3c(nc2=O)-c2ccc(F)cc2N2C(=O)c4ccccc4C23)cc1. The molecule has 1 atom stereocenters. The van der Waals surface area contributed by atoms with E-state index in [1.54, 1.807) is 16.8 Å². The number of amides is 1. The van der Waals surface area contributed by atoms with Crippen LogP contribution in [0.2, 0.25) is 0 Å². The smallest absolute Gasteiger partial charge is 0.280 e. The molecule has 6 nitrogen and oxygen atoms in total. The van der Waals surface area contributed by atoms with E-state index >= 15 is 0 Å². The van der Waals surface area contributed by atoms with Crippen LogP contribution in [-0.4, -0.2) is 20.7 Å². The molecule has 7 heteroatoms. The molecular weight excluding hydrogens is 395 g/mol. The summed E-state index contributed by atoms with van der Waals surface area (Å²) in [6, 6.07) is 18.8. The van der Waals surface area contributed by atoms with Crippen molar-refractivity contribution in [3.05, 3.63) is 99.6 Å². The molecule has 0 spiro atoms. The molecule has 0 radical (unpaired) electrons. The van der Waals surface area contributed by atoms with Crippen LogP contribution < -0.4 is 10.5 Å². The highest BCUT2D eigenvalue weighted by Gasteiger charge is 2.44. The normalized spacial score (nSPS) is 15.9. The van der Waals surface area contributed by atoms with E-state index in [2.05, 4.69) is 10.1 Å². The first-order valence-electron chi connectivity index (χ1n) is 9.83. The molecule has 0 fully saturated rings. The maximum Gasteiger partial charge on any atom is 0.300 e. The number of halogens is 1. The van der Waals surface area contributed by atoms with Crippen LogP contribution in [0.4, 0.5) is 10.1 Å². The van der Waals surface area contributed by atoms with E-state index in [-0.39, 0.29) is 11.6 Å². The second-order valence-electron chi connectivity index (χ2n) is 7.70. The van der Waals surface area contributed by atoms with Gasteiger partial charge in [-0.15, -0.1) is 0 Å². The summed E-state index contributed by atoms with van der Waals surface area (Å²) in [6.45, 7) is 1.96. The highest BCUT2D eigenvalue weighted by Crippen LogP contribution is 2.46. The van der Waals surface area contributed by atoms with Gasteiger partial charge < -0.3 is 0 Å². The monoisotopic (exact) mass is 410 g/mol. The second-order valence-corrected chi connectivity index (χ2v) is 7.70. The van der Waals surface area contributed by atoms with Crippen molar-refractivity contribution in [1.82, 2.24) is 14.8 Å². The number of hydrogen-bond donors (Lipinski definition) is 0. The van der Waals surface area contributed by atoms with Crippen LogP contribution >= 0.6 is 0 Å². The molecule has 1 aromatic heterocycles. The van der Waals surface area contributed by atoms with Crippen molar-refractivity contribution in [2.24, 2.45) is 0 Å². The Hall–Kier alpha value is -4.13. The fourth-order valence-electron chi connectivity index (χ4n) is 4.32. The fraction of sp³-hybridized carbons (Fsp3) is 0.0833. The van der Waals surface area contributed by atoms with Crippen LogP contribution in [0.15, 0.2) is 71.5 Å². The maximum atomic E-state index is 14.1. The Kier molecular flexibility index (Phi) is 3.53. The van der Waals surface area contributed by atoms with Crippen molar-refractivity contribution in [3.8, 4) is 22.6 Å². The van der Waals surface area contributed by atoms with E-state index < -0.39 is 17.5 Å². The zero-order chi connectivity index (χ0) is 21.3. The Balaban J connectivity index is 1.68. The third-order valence-electron chi connectivity index (χ3n) is 5.78. The lowest BCUT2D eigenvalue weighted by molar-refractivity contribution is 0.0986. The average Bonchev–Trinajstić information content (AvgIpc) is 3.07. The summed E-state index contributed by atoms with van der Waals surface area (Å²) in [6.07, 6.45) is -0.648. The molecule has 3 heterocycles. The van der Waals surface area contributed by atoms with E-state index in [4.69, 9.17) is 0 Å². The van der Waals surface area contributed by atoms with Crippen LogP contribution in [-0.2, 0) is 0 Å². The van der Waals surface area contributed by atoms with E-state index in [1.807, 2.05) is 43.3 Å². The van der Waals surface area contributed by atoms with Crippen LogP contribution in [0.3, 0.4) is 0 Å². The van der Waals surface area contributed by atoms with Gasteiger partial charge in [-0.25, -0.2) is 9.07 Å². The molecule has 0 saturated heterocycles. The lowest BCUT2D eigenvalue weighted by Gasteiger charge is -2.34. The number of fused-ring (bicyclic) bond motifs is 8. The molecule has 6 rings (SSSR count). The van der Waals surface area contributed by atoms with E-state index in [9.17, 15) is 14.0 Å². The number of hydrogen-bond acceptors (Lipinski definition) is 4. The highest BCUT2D eigenvalue weighted by atomic mass is 19.1. The minimum atomic E-state index is -0.648. The number of carbonyl (C=O) groups is 1. The molecule has 1 unspecified atom stereocenters. The fourth-order valence-corrected chi connectivity index (χ4v) is 4.32. The third-order valence-corrected chi connectivity index (χ3v) is 5.78. The minimum Gasteiger partial charge on any atom is -0.280 e. The van der Waals surface area contributed by atoms with Gasteiger partial charge in [0.2, 0.25) is 0 Å². The Labute approximate surface area is 176 Å². The summed E-state index contributed by atoms with van der Waals surface area (Å²) in [5, 5.41) is 4.66. The molecule has 3 aromatic carbocycles. The summed E-state index contributed by atoms with van der Waals surface area (Å²) in [5.74, 6) is -0.404. The number of aromatic nitrogens is 3. The van der Waals surface area contributed by atoms with E-state index in [1.165, 1.54) is 23.1 Å². The predicted molar refractivity (Wildman–Crippen MR) is 113 cm³/mol. The van der Waals surface area contributed by atoms with Crippen molar-refractivity contribution < 1.29 is 9.18 Å². The van der Waals surface area contributed by atoms with Crippen molar-refractivity contribution in [3.63, 3.8) is 0 Å². The highest BCUT2D eigenvalue weighted by molar-refractivity contribution is 6.13. The van der Waals surface area contributed by atoms with E-state index in [0.29, 0.717) is 28.2 Å². The molecule has 4 aromatic rings. The quantitative estimate of drug-likeness (QED) is 0.477. The first-order valence-corrected chi connectivity index (χ1v) is 9.83. The van der Waals surface area contributed by atoms with E-state index in [0.717, 1.165) is 11.1 Å². The molecule has 2 aliphatic rings. The Morgan fingerprint density at radius 1 is 0.935 bits per heavy atom. The average molecular weight is 410 g/mol. The van der Waals surface area contributed by atoms with Gasteiger partial charge in [-0.2, -0.15) is 10.1 Å². The Morgan fingerprint density at radius 3 is 2.52 bits per heavy atom. The largest absolute Gasteiger partial charge is 0.300 e. The topological polar surface area (TPSA) is 68.1 Å². The summed E-state index contributed by atoms with van der Waals surface area (Å²) < 4.78 is 15.7. The lowest BCUT2D eigenvalue weighted by atomic mass is 10.1. The van der Waals surface area contributed by atoms with Gasteiger partial charge >= 0.3 is 0 Å². The number of carbonyl (C=O) groups excluding carboxylic acids is 1. The number of nitrogens with zero attached hydrogens (tertiary/aromatic N) is 4. The standard InChI is InChI=1S/C24H15FN4O2/c1-13-6-8-14(9-7-13)20-22(30)26-21-18-11-10-15(25)12-19(18)28-23(29(21)27-20)16-4-2-3-5-17(16)24(28)31/h2-12,23H,1H3. The minimum absolute atomic E-state index is 0.200. The molecule has 31 heavy (non-hydrogen) atoms. The Bertz CT molecular complexity index is 1460. The van der Waals surface area contributed by atoms with Gasteiger partial charge in [0.25, 0.3) is 11.5 Å². The van der Waals surface area contributed by atoms with Crippen LogP contribution in [0.25, 0.3) is 22.6 Å². The van der Waals surface area contributed by atoms with Crippen LogP contribution in [0.1, 0.15) is 27.7 Å². The predicted octanol–water partition coefficient (Wildman–Crippen LogP) is 3.94. The first kappa shape index (κ1) is 17.7. The number of rotatable bonds is 1. The summed E-state index contributed by atoms with van der Waals surface area (Å²) >= 11 is 0. The second kappa shape index (κ2) is 6.18. The number of aryl methyl sites for hydroxylation is 1. The van der Waals surface area contributed by atoms with Crippen LogP contribution in [0.5, 0.6) is 0 Å². The summed E-state index contributed by atoms with van der Waals surface area (Å²) in [7, 11) is 0. The molecule has 0 bridgehead atoms. The Morgan fingerprint density at radius 2 is 1.71 bits per heavy atom. The summed E-state index contributed by atoms with van der Waals surface area (Å²) in [4.78, 5) is 32.0. The van der Waals surface area contributed by atoms with Crippen molar-refractivity contribution >= 4 is 11.6 Å². The molecule has 0 saturated carbocycles. The van der Waals surface area contributed by atoms with Gasteiger partial charge in [0.05, 0.1) is 5.69 Å². The number of benzene rings is 3. The third kappa shape index (κ3) is 2.43. The number of anilines is 1. The van der Waals surface area contributed by atoms with Gasteiger partial charge in [-0.1, -0.05) is 48.0 Å². The van der Waals surface area contributed by atoms with Gasteiger partial charge in [0.1, 0.15) is 5.82 Å². The van der Waals surface area contributed by atoms with Crippen molar-refractivity contribution in [1.29, 1.82) is 0 Å². The van der Waals surface area contributed by atoms with Gasteiger partial charge in [-0.3, -0.25) is 14.5 Å². The van der Waals surface area contributed by atoms with Gasteiger partial charge in [0.15, 0.2) is 17.7 Å². The summed E-state index contributed by atoms with van der Waals surface area (Å²) in [5.41, 5.74) is 3.55. The van der Waals surface area contributed by atoms with Gasteiger partial charge in [-0.05, 0) is 31.2 Å². The molecule has 150 valence electrons. The van der Waals surface area contributed by atoms with Crippen molar-refractivity contribution in [2.75, 3.05) is 4.90 Å². The molecular formula is C24H15FN4O2. The molecule has 0 aliphatic carbocycles. The van der Waals surface area contributed by atoms with Gasteiger partial charge in [0, 0.05) is 22.3 Å². The molecule has 0 N–H and O–H groups in total. The van der Waals surface area contributed by atoms with Crippen molar-refractivity contribution in [2.45, 2.75) is 13.1 Å². The molecule has 2 aliphatic heterocycles. The zero-order valence-electron chi connectivity index (χ0n) is 16.4. The first-order chi connectivity index (χ1) is 15.0.